The molecular weight excluding hydrogens is 640 g/mol. The fourth-order valence-corrected chi connectivity index (χ4v) is 6.16. The highest BCUT2D eigenvalue weighted by atomic mass is 35.5. The summed E-state index contributed by atoms with van der Waals surface area (Å²) in [5, 5.41) is 3.36. The average Bonchev–Trinajstić information content (AvgIpc) is 3.12. The first-order chi connectivity index (χ1) is 24.0. The molecule has 3 N–H and O–H groups in total. The Bertz CT molecular complexity index is 1350. The van der Waals surface area contributed by atoms with Crippen molar-refractivity contribution in [2.24, 2.45) is 5.73 Å². The summed E-state index contributed by atoms with van der Waals surface area (Å²) >= 11 is 6.85. The number of carbonyl (C=O) groups excluding carboxylic acids is 2. The van der Waals surface area contributed by atoms with Crippen LogP contribution in [0.15, 0.2) is 78.9 Å². The number of nitrogens with one attached hydrogen (secondary N) is 1. The van der Waals surface area contributed by atoms with E-state index in [2.05, 4.69) is 43.4 Å². The van der Waals surface area contributed by atoms with Crippen molar-refractivity contribution in [2.75, 3.05) is 52.7 Å². The second-order valence-corrected chi connectivity index (χ2v) is 12.5. The number of rotatable bonds is 25. The molecule has 0 aromatic heterocycles. The van der Waals surface area contributed by atoms with Crippen LogP contribution in [0.3, 0.4) is 0 Å². The summed E-state index contributed by atoms with van der Waals surface area (Å²) in [7, 11) is 0. The maximum Gasteiger partial charge on any atom is 0.307 e. The Morgan fingerprint density at radius 2 is 1.31 bits per heavy atom. The Morgan fingerprint density at radius 1 is 0.735 bits per heavy atom. The van der Waals surface area contributed by atoms with E-state index in [1.807, 2.05) is 48.5 Å². The number of esters is 1. The molecule has 0 spiro atoms. The molecule has 3 rings (SSSR count). The minimum Gasteiger partial charge on any atom is -0.444 e. The van der Waals surface area contributed by atoms with Crippen LogP contribution in [-0.2, 0) is 34.1 Å². The second kappa shape index (κ2) is 23.2. The van der Waals surface area contributed by atoms with Crippen molar-refractivity contribution in [2.45, 2.75) is 76.7 Å². The normalized spacial score (nSPS) is 12.5. The number of hydrogen-bond acceptors (Lipinski definition) is 7. The van der Waals surface area contributed by atoms with E-state index in [0.717, 1.165) is 43.2 Å². The molecule has 9 heteroatoms. The standard InChI is InChI=1S/C40H55ClN2O6/c1-3-12-32(13-4-2)33-18-20-35(21-19-33)40(34-14-6-5-7-15-34,36-16-8-9-17-37(36)41)49-39(45)23-22-38(44)43-25-11-27-47-29-31-48-30-28-46-26-10-24-42/h5-9,14-21,32H,3-4,10-13,22-31,42H2,1-2H3,(H,43,44). The van der Waals surface area contributed by atoms with Gasteiger partial charge in [-0.1, -0.05) is 111 Å². The molecule has 0 bridgehead atoms. The average molecular weight is 695 g/mol. The van der Waals surface area contributed by atoms with Crippen LogP contribution in [0.5, 0.6) is 0 Å². The molecule has 3 aromatic rings. The monoisotopic (exact) mass is 694 g/mol. The zero-order chi connectivity index (χ0) is 35.2. The van der Waals surface area contributed by atoms with Gasteiger partial charge in [-0.2, -0.15) is 0 Å². The first-order valence-electron chi connectivity index (χ1n) is 17.8. The summed E-state index contributed by atoms with van der Waals surface area (Å²) in [5.74, 6) is -0.245. The Morgan fingerprint density at radius 3 is 1.92 bits per heavy atom. The predicted molar refractivity (Wildman–Crippen MR) is 196 cm³/mol. The lowest BCUT2D eigenvalue weighted by atomic mass is 9.79. The molecular formula is C40H55ClN2O6. The van der Waals surface area contributed by atoms with Crippen LogP contribution in [0.4, 0.5) is 0 Å². The van der Waals surface area contributed by atoms with E-state index in [1.54, 1.807) is 6.07 Å². The van der Waals surface area contributed by atoms with Gasteiger partial charge in [0.2, 0.25) is 5.91 Å². The van der Waals surface area contributed by atoms with Crippen LogP contribution in [0.25, 0.3) is 0 Å². The molecule has 1 amide bonds. The van der Waals surface area contributed by atoms with Gasteiger partial charge in [0.1, 0.15) is 0 Å². The third-order valence-corrected chi connectivity index (χ3v) is 8.67. The van der Waals surface area contributed by atoms with E-state index in [0.29, 0.717) is 75.7 Å². The Kier molecular flexibility index (Phi) is 19.0. The van der Waals surface area contributed by atoms with Crippen LogP contribution < -0.4 is 11.1 Å². The minimum atomic E-state index is -1.31. The fourth-order valence-electron chi connectivity index (χ4n) is 5.89. The van der Waals surface area contributed by atoms with Crippen LogP contribution in [0, 0.1) is 0 Å². The summed E-state index contributed by atoms with van der Waals surface area (Å²) in [5.41, 5.74) is 7.62. The smallest absolute Gasteiger partial charge is 0.307 e. The van der Waals surface area contributed by atoms with Gasteiger partial charge in [0.05, 0.1) is 32.8 Å². The lowest BCUT2D eigenvalue weighted by Crippen LogP contribution is -2.36. The maximum atomic E-state index is 13.6. The highest BCUT2D eigenvalue weighted by Crippen LogP contribution is 2.44. The van der Waals surface area contributed by atoms with Crippen LogP contribution >= 0.6 is 11.6 Å². The van der Waals surface area contributed by atoms with Gasteiger partial charge in [-0.15, -0.1) is 0 Å². The number of carbonyl (C=O) groups is 2. The van der Waals surface area contributed by atoms with Gasteiger partial charge in [-0.05, 0) is 49.8 Å². The third-order valence-electron chi connectivity index (χ3n) is 8.34. The summed E-state index contributed by atoms with van der Waals surface area (Å²) in [6.07, 6.45) is 5.88. The summed E-state index contributed by atoms with van der Waals surface area (Å²) < 4.78 is 22.9. The van der Waals surface area contributed by atoms with Gasteiger partial charge in [0.25, 0.3) is 0 Å². The van der Waals surface area contributed by atoms with Gasteiger partial charge in [0, 0.05) is 47.9 Å². The number of halogens is 1. The molecule has 8 nitrogen and oxygen atoms in total. The lowest BCUT2D eigenvalue weighted by molar-refractivity contribution is -0.154. The van der Waals surface area contributed by atoms with E-state index >= 15 is 0 Å². The van der Waals surface area contributed by atoms with Gasteiger partial charge in [-0.3, -0.25) is 9.59 Å². The van der Waals surface area contributed by atoms with Gasteiger partial charge in [-0.25, -0.2) is 0 Å². The Hall–Kier alpha value is -3.27. The van der Waals surface area contributed by atoms with Crippen LogP contribution in [0.2, 0.25) is 5.02 Å². The molecule has 0 saturated heterocycles. The second-order valence-electron chi connectivity index (χ2n) is 12.1. The predicted octanol–water partition coefficient (Wildman–Crippen LogP) is 7.54. The topological polar surface area (TPSA) is 109 Å². The molecule has 49 heavy (non-hydrogen) atoms. The third kappa shape index (κ3) is 13.2. The molecule has 0 radical (unpaired) electrons. The van der Waals surface area contributed by atoms with Gasteiger partial charge < -0.3 is 30.0 Å². The number of ether oxygens (including phenoxy) is 4. The SMILES string of the molecule is CCCC(CCC)c1ccc(C(OC(=O)CCC(=O)NCCCOCCOCCOCCCN)(c2ccccc2)c2ccccc2Cl)cc1. The summed E-state index contributed by atoms with van der Waals surface area (Å²) in [6, 6.07) is 25.5. The Balaban J connectivity index is 1.62. The number of benzene rings is 3. The molecule has 0 heterocycles. The largest absolute Gasteiger partial charge is 0.444 e. The van der Waals surface area contributed by atoms with E-state index in [-0.39, 0.29) is 18.7 Å². The molecule has 1 unspecified atom stereocenters. The number of hydrogen-bond donors (Lipinski definition) is 2. The maximum absolute atomic E-state index is 13.6. The van der Waals surface area contributed by atoms with Crippen LogP contribution in [-0.4, -0.2) is 64.6 Å². The molecule has 0 fully saturated rings. The number of amides is 1. The van der Waals surface area contributed by atoms with Crippen molar-refractivity contribution in [3.63, 3.8) is 0 Å². The van der Waals surface area contributed by atoms with Crippen molar-refractivity contribution < 1.29 is 28.5 Å². The van der Waals surface area contributed by atoms with Crippen molar-refractivity contribution in [3.05, 3.63) is 106 Å². The highest BCUT2D eigenvalue weighted by molar-refractivity contribution is 6.31. The van der Waals surface area contributed by atoms with Crippen molar-refractivity contribution >= 4 is 23.5 Å². The number of nitrogens with two attached hydrogens (primary N) is 1. The van der Waals surface area contributed by atoms with E-state index < -0.39 is 11.6 Å². The van der Waals surface area contributed by atoms with Crippen LogP contribution in [0.1, 0.15) is 93.4 Å². The van der Waals surface area contributed by atoms with Gasteiger partial charge >= 0.3 is 5.97 Å². The van der Waals surface area contributed by atoms with Gasteiger partial charge in [0.15, 0.2) is 5.60 Å². The molecule has 3 aromatic carbocycles. The highest BCUT2D eigenvalue weighted by Gasteiger charge is 2.42. The quantitative estimate of drug-likeness (QED) is 0.0536. The fraction of sp³-hybridized carbons (Fsp3) is 0.500. The first kappa shape index (κ1) is 40.2. The minimum absolute atomic E-state index is 0.00290. The van der Waals surface area contributed by atoms with Crippen molar-refractivity contribution in [1.29, 1.82) is 0 Å². The molecule has 0 aliphatic rings. The van der Waals surface area contributed by atoms with E-state index in [4.69, 9.17) is 36.3 Å². The molecule has 1 atom stereocenters. The first-order valence-corrected chi connectivity index (χ1v) is 18.2. The molecule has 0 aliphatic heterocycles. The van der Waals surface area contributed by atoms with E-state index in [9.17, 15) is 9.59 Å². The zero-order valence-electron chi connectivity index (χ0n) is 29.3. The van der Waals surface area contributed by atoms with Crippen molar-refractivity contribution in [1.82, 2.24) is 5.32 Å². The van der Waals surface area contributed by atoms with Crippen molar-refractivity contribution in [3.8, 4) is 0 Å². The summed E-state index contributed by atoms with van der Waals surface area (Å²) in [4.78, 5) is 26.3. The summed E-state index contributed by atoms with van der Waals surface area (Å²) in [6.45, 7) is 8.64. The molecule has 0 saturated carbocycles. The molecule has 0 aliphatic carbocycles. The molecule has 268 valence electrons. The van der Waals surface area contributed by atoms with E-state index in [1.165, 1.54) is 5.56 Å². The Labute approximate surface area is 298 Å². The lowest BCUT2D eigenvalue weighted by Gasteiger charge is -2.36. The zero-order valence-corrected chi connectivity index (χ0v) is 30.1.